The van der Waals surface area contributed by atoms with Crippen molar-refractivity contribution in [1.29, 1.82) is 0 Å². The number of rotatable bonds is 8. The van der Waals surface area contributed by atoms with Crippen LogP contribution in [-0.2, 0) is 0 Å². The van der Waals surface area contributed by atoms with Gasteiger partial charge in [0.15, 0.2) is 0 Å². The SMILES string of the molecule is CCCCCC/N=C/c1nc2c(-c3ccccc3)ccc(-c3ccccc3)c2[nH]1. The Kier molecular flexibility index (Phi) is 6.16. The van der Waals surface area contributed by atoms with Crippen molar-refractivity contribution in [3.63, 3.8) is 0 Å². The topological polar surface area (TPSA) is 41.0 Å². The van der Waals surface area contributed by atoms with Gasteiger partial charge in [-0.1, -0.05) is 99.0 Å². The van der Waals surface area contributed by atoms with E-state index >= 15 is 0 Å². The van der Waals surface area contributed by atoms with Gasteiger partial charge in [-0.2, -0.15) is 0 Å². The van der Waals surface area contributed by atoms with E-state index < -0.39 is 0 Å². The number of benzene rings is 3. The summed E-state index contributed by atoms with van der Waals surface area (Å²) in [5.74, 6) is 0.816. The maximum atomic E-state index is 4.90. The molecule has 0 saturated heterocycles. The van der Waals surface area contributed by atoms with E-state index in [2.05, 4.69) is 77.6 Å². The number of aliphatic imine (C=N–C) groups is 1. The van der Waals surface area contributed by atoms with Crippen LogP contribution in [0.15, 0.2) is 77.8 Å². The van der Waals surface area contributed by atoms with Crippen LogP contribution in [0.4, 0.5) is 0 Å². The number of unbranched alkanes of at least 4 members (excludes halogenated alkanes) is 3. The lowest BCUT2D eigenvalue weighted by Crippen LogP contribution is -1.87. The second-order valence-corrected chi connectivity index (χ2v) is 7.33. The van der Waals surface area contributed by atoms with E-state index in [1.807, 2.05) is 18.3 Å². The molecule has 0 saturated carbocycles. The van der Waals surface area contributed by atoms with Crippen molar-refractivity contribution in [2.75, 3.05) is 6.54 Å². The second kappa shape index (κ2) is 9.33. The standard InChI is InChI=1S/C26H27N3/c1-2-3-4-11-18-27-19-24-28-25-22(20-12-7-5-8-13-20)16-17-23(26(25)29-24)21-14-9-6-10-15-21/h5-10,12-17,19H,2-4,11,18H2,1H3,(H,28,29)/b27-19+. The molecule has 0 atom stereocenters. The van der Waals surface area contributed by atoms with Gasteiger partial charge in [0.1, 0.15) is 5.82 Å². The molecule has 3 heteroatoms. The van der Waals surface area contributed by atoms with Gasteiger partial charge in [0.2, 0.25) is 0 Å². The first kappa shape index (κ1) is 19.1. The predicted octanol–water partition coefficient (Wildman–Crippen LogP) is 6.90. The van der Waals surface area contributed by atoms with Crippen molar-refractivity contribution in [3.8, 4) is 22.3 Å². The lowest BCUT2D eigenvalue weighted by Gasteiger charge is -2.07. The highest BCUT2D eigenvalue weighted by molar-refractivity contribution is 6.02. The molecule has 146 valence electrons. The molecule has 1 N–H and O–H groups in total. The Morgan fingerprint density at radius 1 is 0.793 bits per heavy atom. The van der Waals surface area contributed by atoms with Gasteiger partial charge in [0.05, 0.1) is 17.2 Å². The summed E-state index contributed by atoms with van der Waals surface area (Å²) in [5, 5.41) is 0. The third-order valence-corrected chi connectivity index (χ3v) is 5.19. The maximum absolute atomic E-state index is 4.90. The Morgan fingerprint density at radius 2 is 1.45 bits per heavy atom. The number of hydrogen-bond acceptors (Lipinski definition) is 2. The molecule has 0 radical (unpaired) electrons. The van der Waals surface area contributed by atoms with Crippen LogP contribution in [0.2, 0.25) is 0 Å². The molecule has 3 nitrogen and oxygen atoms in total. The first-order chi connectivity index (χ1) is 14.4. The lowest BCUT2D eigenvalue weighted by atomic mass is 9.98. The fourth-order valence-electron chi connectivity index (χ4n) is 3.66. The average Bonchev–Trinajstić information content (AvgIpc) is 3.21. The first-order valence-electron chi connectivity index (χ1n) is 10.5. The molecule has 4 rings (SSSR count). The van der Waals surface area contributed by atoms with Gasteiger partial charge in [-0.05, 0) is 17.5 Å². The highest BCUT2D eigenvalue weighted by Crippen LogP contribution is 2.34. The number of aromatic amines is 1. The van der Waals surface area contributed by atoms with Gasteiger partial charge in [0, 0.05) is 17.7 Å². The van der Waals surface area contributed by atoms with Crippen LogP contribution in [0.1, 0.15) is 38.4 Å². The highest BCUT2D eigenvalue weighted by atomic mass is 14.9. The summed E-state index contributed by atoms with van der Waals surface area (Å²) in [5.41, 5.74) is 6.71. The van der Waals surface area contributed by atoms with Crippen LogP contribution in [0, 0.1) is 0 Å². The Bertz CT molecular complexity index is 1000. The minimum absolute atomic E-state index is 0.816. The van der Waals surface area contributed by atoms with Crippen molar-refractivity contribution in [2.24, 2.45) is 4.99 Å². The fraction of sp³-hybridized carbons (Fsp3) is 0.231. The molecule has 29 heavy (non-hydrogen) atoms. The van der Waals surface area contributed by atoms with Crippen molar-refractivity contribution in [1.82, 2.24) is 9.97 Å². The van der Waals surface area contributed by atoms with Crippen LogP contribution < -0.4 is 0 Å². The normalized spacial score (nSPS) is 11.5. The number of hydrogen-bond donors (Lipinski definition) is 1. The lowest BCUT2D eigenvalue weighted by molar-refractivity contribution is 0.676. The summed E-state index contributed by atoms with van der Waals surface area (Å²) in [7, 11) is 0. The third kappa shape index (κ3) is 4.45. The molecule has 0 unspecified atom stereocenters. The molecule has 3 aromatic carbocycles. The number of aromatic nitrogens is 2. The third-order valence-electron chi connectivity index (χ3n) is 5.19. The first-order valence-corrected chi connectivity index (χ1v) is 10.5. The van der Waals surface area contributed by atoms with E-state index in [0.717, 1.165) is 41.0 Å². The van der Waals surface area contributed by atoms with E-state index in [1.165, 1.54) is 30.4 Å². The zero-order valence-electron chi connectivity index (χ0n) is 16.9. The van der Waals surface area contributed by atoms with Gasteiger partial charge in [-0.25, -0.2) is 4.98 Å². The highest BCUT2D eigenvalue weighted by Gasteiger charge is 2.13. The van der Waals surface area contributed by atoms with Gasteiger partial charge >= 0.3 is 0 Å². The summed E-state index contributed by atoms with van der Waals surface area (Å²) >= 11 is 0. The second-order valence-electron chi connectivity index (χ2n) is 7.33. The van der Waals surface area contributed by atoms with E-state index in [9.17, 15) is 0 Å². The predicted molar refractivity (Wildman–Crippen MR) is 124 cm³/mol. The minimum Gasteiger partial charge on any atom is -0.337 e. The van der Waals surface area contributed by atoms with Crippen molar-refractivity contribution < 1.29 is 0 Å². The number of nitrogens with one attached hydrogen (secondary N) is 1. The Labute approximate surface area is 172 Å². The van der Waals surface area contributed by atoms with Crippen LogP contribution in [0.3, 0.4) is 0 Å². The molecule has 0 aliphatic heterocycles. The van der Waals surface area contributed by atoms with Crippen LogP contribution in [0.5, 0.6) is 0 Å². The number of H-pyrrole nitrogens is 1. The van der Waals surface area contributed by atoms with Gasteiger partial charge in [-0.3, -0.25) is 4.99 Å². The maximum Gasteiger partial charge on any atom is 0.149 e. The Morgan fingerprint density at radius 3 is 2.14 bits per heavy atom. The van der Waals surface area contributed by atoms with Gasteiger partial charge < -0.3 is 4.98 Å². The molecular formula is C26H27N3. The summed E-state index contributed by atoms with van der Waals surface area (Å²) in [6.45, 7) is 3.08. The van der Waals surface area contributed by atoms with Gasteiger partial charge in [-0.15, -0.1) is 0 Å². The summed E-state index contributed by atoms with van der Waals surface area (Å²) < 4.78 is 0. The molecule has 0 spiro atoms. The monoisotopic (exact) mass is 381 g/mol. The Hall–Kier alpha value is -3.20. The Balaban J connectivity index is 1.73. The number of nitrogens with zero attached hydrogens (tertiary/aromatic N) is 2. The van der Waals surface area contributed by atoms with E-state index in [0.29, 0.717) is 0 Å². The quantitative estimate of drug-likeness (QED) is 0.262. The molecule has 1 heterocycles. The molecule has 0 amide bonds. The largest absolute Gasteiger partial charge is 0.337 e. The minimum atomic E-state index is 0.816. The van der Waals surface area contributed by atoms with E-state index in [1.54, 1.807) is 0 Å². The molecular weight excluding hydrogens is 354 g/mol. The van der Waals surface area contributed by atoms with Crippen LogP contribution in [0.25, 0.3) is 33.3 Å². The van der Waals surface area contributed by atoms with Crippen molar-refractivity contribution in [3.05, 3.63) is 78.6 Å². The average molecular weight is 382 g/mol. The molecule has 0 aliphatic rings. The van der Waals surface area contributed by atoms with E-state index in [4.69, 9.17) is 4.98 Å². The van der Waals surface area contributed by atoms with Gasteiger partial charge in [0.25, 0.3) is 0 Å². The molecule has 0 aliphatic carbocycles. The summed E-state index contributed by atoms with van der Waals surface area (Å²) in [6.07, 6.45) is 6.79. The number of fused-ring (bicyclic) bond motifs is 1. The number of imidazole rings is 1. The van der Waals surface area contributed by atoms with Crippen LogP contribution in [-0.4, -0.2) is 22.7 Å². The zero-order valence-corrected chi connectivity index (χ0v) is 16.9. The molecule has 0 fully saturated rings. The molecule has 0 bridgehead atoms. The van der Waals surface area contributed by atoms with E-state index in [-0.39, 0.29) is 0 Å². The zero-order chi connectivity index (χ0) is 19.9. The van der Waals surface area contributed by atoms with Crippen molar-refractivity contribution >= 4 is 17.2 Å². The van der Waals surface area contributed by atoms with Crippen LogP contribution >= 0.6 is 0 Å². The summed E-state index contributed by atoms with van der Waals surface area (Å²) in [4.78, 5) is 13.0. The molecule has 4 aromatic rings. The fourth-order valence-corrected chi connectivity index (χ4v) is 3.66. The van der Waals surface area contributed by atoms with Crippen molar-refractivity contribution in [2.45, 2.75) is 32.6 Å². The summed E-state index contributed by atoms with van der Waals surface area (Å²) in [6, 6.07) is 25.3. The molecule has 1 aromatic heterocycles. The smallest absolute Gasteiger partial charge is 0.149 e.